The molecule has 2 rings (SSSR count). The molecular weight excluding hydrogens is 275 g/mol. The number of para-hydroxylation sites is 1. The second-order valence-electron chi connectivity index (χ2n) is 4.53. The minimum absolute atomic E-state index is 0.231. The molecule has 21 heavy (non-hydrogen) atoms. The lowest BCUT2D eigenvalue weighted by Crippen LogP contribution is -2.09. The van der Waals surface area contributed by atoms with Gasteiger partial charge < -0.3 is 10.1 Å². The molecule has 2 aromatic carbocycles. The van der Waals surface area contributed by atoms with Gasteiger partial charge in [-0.05, 0) is 25.1 Å². The van der Waals surface area contributed by atoms with Crippen LogP contribution in [0.2, 0.25) is 0 Å². The summed E-state index contributed by atoms with van der Waals surface area (Å²) in [5.41, 5.74) is 0.829. The highest BCUT2D eigenvalue weighted by Crippen LogP contribution is 2.31. The van der Waals surface area contributed by atoms with Crippen molar-refractivity contribution in [2.24, 2.45) is 0 Å². The Kier molecular flexibility index (Phi) is 4.37. The second kappa shape index (κ2) is 6.21. The van der Waals surface area contributed by atoms with E-state index in [2.05, 4.69) is 5.32 Å². The van der Waals surface area contributed by atoms with Gasteiger partial charge in [0.2, 0.25) is 0 Å². The Balaban J connectivity index is 2.31. The van der Waals surface area contributed by atoms with E-state index < -0.39 is 10.7 Å². The number of benzene rings is 2. The molecule has 0 aromatic heterocycles. The van der Waals surface area contributed by atoms with Gasteiger partial charge in [-0.2, -0.15) is 0 Å². The van der Waals surface area contributed by atoms with Gasteiger partial charge in [0.05, 0.1) is 24.1 Å². The molecule has 1 atom stereocenters. The summed E-state index contributed by atoms with van der Waals surface area (Å²) in [5.74, 6) is 0.0412. The molecule has 0 aliphatic heterocycles. The van der Waals surface area contributed by atoms with Crippen LogP contribution in [0.25, 0.3) is 0 Å². The Hall–Kier alpha value is -2.63. The smallest absolute Gasteiger partial charge is 0.295 e. The van der Waals surface area contributed by atoms with Gasteiger partial charge in [0, 0.05) is 5.56 Å². The highest BCUT2D eigenvalue weighted by Gasteiger charge is 2.18. The molecule has 1 N–H and O–H groups in total. The third-order valence-electron chi connectivity index (χ3n) is 3.13. The molecule has 0 heterocycles. The third kappa shape index (κ3) is 3.28. The lowest BCUT2D eigenvalue weighted by molar-refractivity contribution is -0.384. The van der Waals surface area contributed by atoms with Crippen LogP contribution in [-0.2, 0) is 0 Å². The first-order valence-electron chi connectivity index (χ1n) is 6.36. The van der Waals surface area contributed by atoms with Crippen molar-refractivity contribution in [2.45, 2.75) is 13.0 Å². The summed E-state index contributed by atoms with van der Waals surface area (Å²) in [5, 5.41) is 14.0. The van der Waals surface area contributed by atoms with E-state index >= 15 is 0 Å². The first kappa shape index (κ1) is 14.8. The summed E-state index contributed by atoms with van der Waals surface area (Å²) in [6, 6.07) is 10.6. The average molecular weight is 290 g/mol. The number of rotatable bonds is 5. The Morgan fingerprint density at radius 3 is 2.67 bits per heavy atom. The highest BCUT2D eigenvalue weighted by molar-refractivity contribution is 5.62. The number of nitrogens with one attached hydrogen (secondary N) is 1. The first-order valence-corrected chi connectivity index (χ1v) is 6.36. The van der Waals surface area contributed by atoms with Crippen molar-refractivity contribution >= 4 is 11.4 Å². The van der Waals surface area contributed by atoms with E-state index in [1.165, 1.54) is 12.1 Å². The van der Waals surface area contributed by atoms with Gasteiger partial charge in [-0.3, -0.25) is 10.1 Å². The molecule has 0 saturated carbocycles. The van der Waals surface area contributed by atoms with Crippen LogP contribution in [0.4, 0.5) is 15.8 Å². The number of hydrogen-bond acceptors (Lipinski definition) is 4. The van der Waals surface area contributed by atoms with Gasteiger partial charge in [0.25, 0.3) is 5.69 Å². The van der Waals surface area contributed by atoms with Crippen LogP contribution in [0.5, 0.6) is 5.75 Å². The summed E-state index contributed by atoms with van der Waals surface area (Å²) in [7, 11) is 1.56. The van der Waals surface area contributed by atoms with Gasteiger partial charge >= 0.3 is 0 Å². The fraction of sp³-hybridized carbons (Fsp3) is 0.200. The predicted molar refractivity (Wildman–Crippen MR) is 78.1 cm³/mol. The van der Waals surface area contributed by atoms with Crippen LogP contribution < -0.4 is 10.1 Å². The van der Waals surface area contributed by atoms with Crippen LogP contribution in [0.3, 0.4) is 0 Å². The van der Waals surface area contributed by atoms with Crippen molar-refractivity contribution in [2.75, 3.05) is 12.4 Å². The topological polar surface area (TPSA) is 64.4 Å². The van der Waals surface area contributed by atoms with Crippen molar-refractivity contribution in [3.63, 3.8) is 0 Å². The molecule has 0 aliphatic carbocycles. The maximum absolute atomic E-state index is 13.1. The van der Waals surface area contributed by atoms with E-state index in [9.17, 15) is 14.5 Å². The van der Waals surface area contributed by atoms with Crippen molar-refractivity contribution in [3.8, 4) is 5.75 Å². The molecule has 0 amide bonds. The lowest BCUT2D eigenvalue weighted by atomic mass is 10.1. The largest absolute Gasteiger partial charge is 0.496 e. The van der Waals surface area contributed by atoms with E-state index in [4.69, 9.17) is 4.74 Å². The van der Waals surface area contributed by atoms with Gasteiger partial charge in [0.15, 0.2) is 0 Å². The summed E-state index contributed by atoms with van der Waals surface area (Å²) in [6.07, 6.45) is 0. The number of halogens is 1. The minimum atomic E-state index is -0.641. The zero-order chi connectivity index (χ0) is 15.4. The second-order valence-corrected chi connectivity index (χ2v) is 4.53. The number of nitro benzene ring substituents is 1. The van der Waals surface area contributed by atoms with Crippen molar-refractivity contribution in [1.82, 2.24) is 0 Å². The Morgan fingerprint density at radius 1 is 1.29 bits per heavy atom. The predicted octanol–water partition coefficient (Wildman–Crippen LogP) is 3.92. The van der Waals surface area contributed by atoms with E-state index in [1.807, 2.05) is 31.2 Å². The fourth-order valence-corrected chi connectivity index (χ4v) is 2.11. The standard InChI is InChI=1S/C15H15FN2O3/c1-10(12-5-3-4-6-15(12)21-2)17-13-8-7-11(16)9-14(13)18(19)20/h3-10,17H,1-2H3/t10-/m0/s1. The minimum Gasteiger partial charge on any atom is -0.496 e. The zero-order valence-electron chi connectivity index (χ0n) is 11.7. The van der Waals surface area contributed by atoms with Crippen molar-refractivity contribution < 1.29 is 14.1 Å². The van der Waals surface area contributed by atoms with Gasteiger partial charge in [-0.1, -0.05) is 18.2 Å². The molecule has 0 bridgehead atoms. The lowest BCUT2D eigenvalue weighted by Gasteiger charge is -2.18. The molecule has 2 aromatic rings. The van der Waals surface area contributed by atoms with Crippen LogP contribution >= 0.6 is 0 Å². The quantitative estimate of drug-likeness (QED) is 0.669. The summed E-state index contributed by atoms with van der Waals surface area (Å²) >= 11 is 0. The number of nitro groups is 1. The van der Waals surface area contributed by atoms with Crippen LogP contribution in [0, 0.1) is 15.9 Å². The molecule has 5 nitrogen and oxygen atoms in total. The van der Waals surface area contributed by atoms with Gasteiger partial charge in [-0.25, -0.2) is 4.39 Å². The number of anilines is 1. The summed E-state index contributed by atoms with van der Waals surface area (Å²) in [6.45, 7) is 1.85. The first-order chi connectivity index (χ1) is 10.0. The van der Waals surface area contributed by atoms with E-state index in [0.717, 1.165) is 11.6 Å². The normalized spacial score (nSPS) is 11.8. The molecular formula is C15H15FN2O3. The number of ether oxygens (including phenoxy) is 1. The van der Waals surface area contributed by atoms with E-state index in [0.29, 0.717) is 5.75 Å². The van der Waals surface area contributed by atoms with Crippen LogP contribution in [0.1, 0.15) is 18.5 Å². The fourth-order valence-electron chi connectivity index (χ4n) is 2.11. The Bertz CT molecular complexity index is 661. The Labute approximate surface area is 121 Å². The zero-order valence-corrected chi connectivity index (χ0v) is 11.7. The number of hydrogen-bond donors (Lipinski definition) is 1. The molecule has 0 fully saturated rings. The SMILES string of the molecule is COc1ccccc1[C@H](C)Nc1ccc(F)cc1[N+](=O)[O-]. The molecule has 0 saturated heterocycles. The summed E-state index contributed by atoms with van der Waals surface area (Å²) < 4.78 is 18.4. The maximum atomic E-state index is 13.1. The number of nitrogens with zero attached hydrogens (tertiary/aromatic N) is 1. The number of methoxy groups -OCH3 is 1. The van der Waals surface area contributed by atoms with E-state index in [1.54, 1.807) is 7.11 Å². The van der Waals surface area contributed by atoms with Crippen molar-refractivity contribution in [1.29, 1.82) is 0 Å². The van der Waals surface area contributed by atoms with Crippen LogP contribution in [-0.4, -0.2) is 12.0 Å². The monoisotopic (exact) mass is 290 g/mol. The van der Waals surface area contributed by atoms with Gasteiger partial charge in [-0.15, -0.1) is 0 Å². The Morgan fingerprint density at radius 2 is 2.00 bits per heavy atom. The molecule has 0 spiro atoms. The maximum Gasteiger partial charge on any atom is 0.295 e. The van der Waals surface area contributed by atoms with Crippen LogP contribution in [0.15, 0.2) is 42.5 Å². The third-order valence-corrected chi connectivity index (χ3v) is 3.13. The molecule has 6 heteroatoms. The molecule has 110 valence electrons. The molecule has 0 unspecified atom stereocenters. The summed E-state index contributed by atoms with van der Waals surface area (Å²) in [4.78, 5) is 10.4. The molecule has 0 radical (unpaired) electrons. The average Bonchev–Trinajstić information content (AvgIpc) is 2.48. The highest BCUT2D eigenvalue weighted by atomic mass is 19.1. The van der Waals surface area contributed by atoms with Crippen molar-refractivity contribution in [3.05, 3.63) is 64.0 Å². The van der Waals surface area contributed by atoms with E-state index in [-0.39, 0.29) is 17.4 Å². The molecule has 0 aliphatic rings. The van der Waals surface area contributed by atoms with Gasteiger partial charge in [0.1, 0.15) is 17.3 Å².